The molecule has 3 rings (SSSR count). The summed E-state index contributed by atoms with van der Waals surface area (Å²) in [4.78, 5) is 22.4. The standard InChI is InChI=1S/C14H12N2O6/c17-14(12-2-1-3-21-12)15-6-9-4-11(16(18)19)5-10-7-20-8-22-13(9)10/h1-5H,6-8H2,(H,15,17). The molecule has 1 aromatic carbocycles. The van der Waals surface area contributed by atoms with Crippen LogP contribution in [0.15, 0.2) is 34.9 Å². The van der Waals surface area contributed by atoms with Crippen LogP contribution in [0.1, 0.15) is 21.7 Å². The number of hydrogen-bond acceptors (Lipinski definition) is 6. The minimum absolute atomic E-state index is 0.0734. The second-order valence-electron chi connectivity index (χ2n) is 4.62. The number of nitrogens with one attached hydrogen (secondary N) is 1. The number of nitro groups is 1. The van der Waals surface area contributed by atoms with Crippen LogP contribution in [0.4, 0.5) is 5.69 Å². The fourth-order valence-electron chi connectivity index (χ4n) is 2.19. The van der Waals surface area contributed by atoms with E-state index in [9.17, 15) is 14.9 Å². The summed E-state index contributed by atoms with van der Waals surface area (Å²) in [6, 6.07) is 5.92. The van der Waals surface area contributed by atoms with Crippen LogP contribution in [0.5, 0.6) is 5.75 Å². The molecule has 0 atom stereocenters. The number of benzene rings is 1. The van der Waals surface area contributed by atoms with E-state index in [0.717, 1.165) is 0 Å². The second kappa shape index (κ2) is 5.86. The highest BCUT2D eigenvalue weighted by Gasteiger charge is 2.21. The van der Waals surface area contributed by atoms with Crippen LogP contribution >= 0.6 is 0 Å². The summed E-state index contributed by atoms with van der Waals surface area (Å²) < 4.78 is 15.5. The molecule has 2 aromatic rings. The predicted octanol–water partition coefficient (Wildman–Crippen LogP) is 1.98. The van der Waals surface area contributed by atoms with Crippen LogP contribution < -0.4 is 10.1 Å². The van der Waals surface area contributed by atoms with E-state index in [-0.39, 0.29) is 31.4 Å². The van der Waals surface area contributed by atoms with Crippen LogP contribution in [0, 0.1) is 10.1 Å². The number of nitrogens with zero attached hydrogens (tertiary/aromatic N) is 1. The zero-order valence-electron chi connectivity index (χ0n) is 11.4. The van der Waals surface area contributed by atoms with Crippen molar-refractivity contribution in [2.75, 3.05) is 6.79 Å². The van der Waals surface area contributed by atoms with E-state index in [0.29, 0.717) is 16.9 Å². The van der Waals surface area contributed by atoms with E-state index >= 15 is 0 Å². The van der Waals surface area contributed by atoms with Gasteiger partial charge in [-0.3, -0.25) is 14.9 Å². The molecule has 0 unspecified atom stereocenters. The summed E-state index contributed by atoms with van der Waals surface area (Å²) in [7, 11) is 0. The zero-order chi connectivity index (χ0) is 15.5. The maximum atomic E-state index is 11.9. The normalized spacial score (nSPS) is 13.1. The van der Waals surface area contributed by atoms with Crippen molar-refractivity contribution in [2.24, 2.45) is 0 Å². The highest BCUT2D eigenvalue weighted by molar-refractivity contribution is 5.91. The van der Waals surface area contributed by atoms with E-state index in [1.165, 1.54) is 24.5 Å². The Morgan fingerprint density at radius 3 is 3.00 bits per heavy atom. The molecule has 0 bridgehead atoms. The number of non-ortho nitro benzene ring substituents is 1. The highest BCUT2D eigenvalue weighted by atomic mass is 16.7. The fourth-order valence-corrected chi connectivity index (χ4v) is 2.19. The first-order valence-electron chi connectivity index (χ1n) is 6.47. The van der Waals surface area contributed by atoms with Crippen LogP contribution in [0.25, 0.3) is 0 Å². The topological polar surface area (TPSA) is 104 Å². The molecule has 114 valence electrons. The molecule has 0 radical (unpaired) electrons. The van der Waals surface area contributed by atoms with Gasteiger partial charge in [-0.15, -0.1) is 0 Å². The fraction of sp³-hybridized carbons (Fsp3) is 0.214. The highest BCUT2D eigenvalue weighted by Crippen LogP contribution is 2.32. The van der Waals surface area contributed by atoms with Crippen LogP contribution in [-0.4, -0.2) is 17.6 Å². The molecule has 1 amide bonds. The maximum Gasteiger partial charge on any atom is 0.287 e. The van der Waals surface area contributed by atoms with Gasteiger partial charge in [0.15, 0.2) is 12.6 Å². The van der Waals surface area contributed by atoms with E-state index in [1.807, 2.05) is 0 Å². The third-order valence-corrected chi connectivity index (χ3v) is 3.17. The van der Waals surface area contributed by atoms with Crippen LogP contribution in [-0.2, 0) is 17.9 Å². The minimum Gasteiger partial charge on any atom is -0.467 e. The third-order valence-electron chi connectivity index (χ3n) is 3.17. The van der Waals surface area contributed by atoms with Crippen molar-refractivity contribution in [2.45, 2.75) is 13.2 Å². The lowest BCUT2D eigenvalue weighted by Gasteiger charge is -2.20. The Morgan fingerprint density at radius 1 is 1.41 bits per heavy atom. The Bertz CT molecular complexity index is 710. The molecule has 0 saturated heterocycles. The van der Waals surface area contributed by atoms with Gasteiger partial charge in [0.1, 0.15) is 5.75 Å². The maximum absolute atomic E-state index is 11.9. The second-order valence-corrected chi connectivity index (χ2v) is 4.62. The summed E-state index contributed by atoms with van der Waals surface area (Å²) in [6.45, 7) is 0.392. The van der Waals surface area contributed by atoms with Gasteiger partial charge in [-0.1, -0.05) is 0 Å². The van der Waals surface area contributed by atoms with Crippen LogP contribution in [0.2, 0.25) is 0 Å². The quantitative estimate of drug-likeness (QED) is 0.684. The summed E-state index contributed by atoms with van der Waals surface area (Å²) in [5.74, 6) is 0.275. The number of amides is 1. The molecule has 0 aliphatic carbocycles. The number of carbonyl (C=O) groups excluding carboxylic acids is 1. The van der Waals surface area contributed by atoms with Gasteiger partial charge in [-0.2, -0.15) is 0 Å². The van der Waals surface area contributed by atoms with Gasteiger partial charge >= 0.3 is 0 Å². The minimum atomic E-state index is -0.493. The molecule has 0 fully saturated rings. The Morgan fingerprint density at radius 2 is 2.27 bits per heavy atom. The Labute approximate surface area is 124 Å². The molecule has 22 heavy (non-hydrogen) atoms. The monoisotopic (exact) mass is 304 g/mol. The van der Waals surface area contributed by atoms with Gasteiger partial charge in [0.2, 0.25) is 0 Å². The van der Waals surface area contributed by atoms with E-state index in [4.69, 9.17) is 13.9 Å². The largest absolute Gasteiger partial charge is 0.467 e. The number of carbonyl (C=O) groups is 1. The molecule has 1 aliphatic rings. The molecule has 1 aliphatic heterocycles. The molecular weight excluding hydrogens is 292 g/mol. The van der Waals surface area contributed by atoms with Gasteiger partial charge in [0.05, 0.1) is 17.8 Å². The molecule has 0 saturated carbocycles. The summed E-state index contributed by atoms with van der Waals surface area (Å²) in [5, 5.41) is 13.6. The SMILES string of the molecule is O=C(NCc1cc([N+](=O)[O-])cc2c1OCOC2)c1ccco1. The molecule has 2 heterocycles. The number of furan rings is 1. The lowest BCUT2D eigenvalue weighted by molar-refractivity contribution is -0.385. The van der Waals surface area contributed by atoms with Crippen molar-refractivity contribution >= 4 is 11.6 Å². The van der Waals surface area contributed by atoms with Crippen molar-refractivity contribution < 1.29 is 23.6 Å². The number of nitro benzene ring substituents is 1. The first-order valence-corrected chi connectivity index (χ1v) is 6.47. The molecular formula is C14H12N2O6. The summed E-state index contributed by atoms with van der Waals surface area (Å²) in [6.07, 6.45) is 1.39. The van der Waals surface area contributed by atoms with Crippen LogP contribution in [0.3, 0.4) is 0 Å². The number of ether oxygens (including phenoxy) is 2. The van der Waals surface area contributed by atoms with Crippen molar-refractivity contribution in [1.29, 1.82) is 0 Å². The molecule has 1 N–H and O–H groups in total. The van der Waals surface area contributed by atoms with E-state index < -0.39 is 10.8 Å². The first kappa shape index (κ1) is 14.1. The number of hydrogen-bond donors (Lipinski definition) is 1. The van der Waals surface area contributed by atoms with Crippen molar-refractivity contribution in [3.8, 4) is 5.75 Å². The lowest BCUT2D eigenvalue weighted by atomic mass is 10.1. The Kier molecular flexibility index (Phi) is 3.75. The lowest BCUT2D eigenvalue weighted by Crippen LogP contribution is -2.23. The van der Waals surface area contributed by atoms with Crippen molar-refractivity contribution in [3.05, 3.63) is 57.5 Å². The summed E-state index contributed by atoms with van der Waals surface area (Å²) in [5.41, 5.74) is 1.03. The third kappa shape index (κ3) is 2.77. The van der Waals surface area contributed by atoms with Crippen molar-refractivity contribution in [1.82, 2.24) is 5.32 Å². The van der Waals surface area contributed by atoms with Gasteiger partial charge in [0, 0.05) is 29.8 Å². The Balaban J connectivity index is 1.84. The number of fused-ring (bicyclic) bond motifs is 1. The smallest absolute Gasteiger partial charge is 0.287 e. The zero-order valence-corrected chi connectivity index (χ0v) is 11.4. The molecule has 8 heteroatoms. The Hall–Kier alpha value is -2.87. The average molecular weight is 304 g/mol. The molecule has 1 aromatic heterocycles. The molecule has 0 spiro atoms. The van der Waals surface area contributed by atoms with Gasteiger partial charge in [-0.25, -0.2) is 0 Å². The van der Waals surface area contributed by atoms with E-state index in [2.05, 4.69) is 5.32 Å². The van der Waals surface area contributed by atoms with Crippen molar-refractivity contribution in [3.63, 3.8) is 0 Å². The average Bonchev–Trinajstić information content (AvgIpc) is 3.06. The van der Waals surface area contributed by atoms with Gasteiger partial charge < -0.3 is 19.2 Å². The first-order chi connectivity index (χ1) is 10.6. The van der Waals surface area contributed by atoms with E-state index in [1.54, 1.807) is 6.07 Å². The number of rotatable bonds is 4. The summed E-state index contributed by atoms with van der Waals surface area (Å²) >= 11 is 0. The van der Waals surface area contributed by atoms with Gasteiger partial charge in [0.25, 0.3) is 11.6 Å². The van der Waals surface area contributed by atoms with Gasteiger partial charge in [-0.05, 0) is 12.1 Å². The molecule has 8 nitrogen and oxygen atoms in total. The predicted molar refractivity (Wildman–Crippen MR) is 73.3 cm³/mol.